The molecule has 1 aromatic heterocycles. The Balaban J connectivity index is 1.78. The molecule has 0 aliphatic rings. The first-order chi connectivity index (χ1) is 16.6. The van der Waals surface area contributed by atoms with Gasteiger partial charge in [0.05, 0.1) is 12.9 Å². The van der Waals surface area contributed by atoms with E-state index in [1.165, 1.54) is 5.56 Å². The van der Waals surface area contributed by atoms with E-state index in [0.717, 1.165) is 18.4 Å². The quantitative estimate of drug-likeness (QED) is 0.332. The number of anilines is 1. The number of aromatic nitrogens is 2. The first kappa shape index (κ1) is 26.7. The van der Waals surface area contributed by atoms with Gasteiger partial charge in [0.25, 0.3) is 5.91 Å². The lowest BCUT2D eigenvalue weighted by atomic mass is 9.93. The van der Waals surface area contributed by atoms with Gasteiger partial charge in [0.15, 0.2) is 5.82 Å². The van der Waals surface area contributed by atoms with Crippen molar-refractivity contribution in [1.82, 2.24) is 9.78 Å². The highest BCUT2D eigenvalue weighted by Gasteiger charge is 2.16. The van der Waals surface area contributed by atoms with Crippen molar-refractivity contribution >= 4 is 18.9 Å². The molecule has 7 nitrogen and oxygen atoms in total. The maximum Gasteiger partial charge on any atom is 0.257 e. The molecule has 8 heteroatoms. The van der Waals surface area contributed by atoms with Crippen LogP contribution in [-0.4, -0.2) is 48.8 Å². The summed E-state index contributed by atoms with van der Waals surface area (Å²) in [5, 5.41) is 7.19. The molecule has 1 N–H and O–H groups in total. The van der Waals surface area contributed by atoms with Crippen molar-refractivity contribution in [2.24, 2.45) is 5.92 Å². The van der Waals surface area contributed by atoms with Crippen LogP contribution in [-0.2, 0) is 28.4 Å². The van der Waals surface area contributed by atoms with E-state index in [2.05, 4.69) is 41.6 Å². The average molecular weight is 498 g/mol. The van der Waals surface area contributed by atoms with Gasteiger partial charge in [0.1, 0.15) is 19.0 Å². The van der Waals surface area contributed by atoms with Gasteiger partial charge in [-0.15, -0.1) is 0 Å². The van der Waals surface area contributed by atoms with E-state index in [1.54, 1.807) is 43.5 Å². The van der Waals surface area contributed by atoms with E-state index in [-0.39, 0.29) is 12.0 Å². The van der Waals surface area contributed by atoms with E-state index in [0.29, 0.717) is 35.9 Å². The van der Waals surface area contributed by atoms with Crippen molar-refractivity contribution in [3.63, 3.8) is 0 Å². The largest absolute Gasteiger partial charge is 0.488 e. The number of hydrogen-bond donors (Lipinski definition) is 1. The van der Waals surface area contributed by atoms with Crippen LogP contribution >= 0.6 is 7.14 Å². The Morgan fingerprint density at radius 2 is 1.77 bits per heavy atom. The molecule has 0 aliphatic carbocycles. The molecule has 3 rings (SSSR count). The number of carbonyl (C=O) groups excluding carboxylic acids is 1. The Morgan fingerprint density at radius 3 is 2.46 bits per heavy atom. The van der Waals surface area contributed by atoms with Gasteiger partial charge in [-0.05, 0) is 68.3 Å². The minimum absolute atomic E-state index is 0.151. The third-order valence-electron chi connectivity index (χ3n) is 5.35. The first-order valence-corrected chi connectivity index (χ1v) is 14.6. The third-order valence-corrected chi connectivity index (χ3v) is 6.32. The molecular formula is C27H36N3O4P. The molecule has 0 spiro atoms. The lowest BCUT2D eigenvalue weighted by Gasteiger charge is -2.17. The van der Waals surface area contributed by atoms with Crippen LogP contribution in [0.25, 0.3) is 0 Å². The van der Waals surface area contributed by atoms with Crippen molar-refractivity contribution in [3.05, 3.63) is 77.5 Å². The van der Waals surface area contributed by atoms with Crippen LogP contribution in [0, 0.1) is 5.92 Å². The van der Waals surface area contributed by atoms with Gasteiger partial charge in [-0.3, -0.25) is 9.48 Å². The van der Waals surface area contributed by atoms with Crippen LogP contribution in [0.5, 0.6) is 5.75 Å². The Labute approximate surface area is 208 Å². The lowest BCUT2D eigenvalue weighted by Crippen LogP contribution is -2.19. The van der Waals surface area contributed by atoms with Crippen molar-refractivity contribution in [2.75, 3.05) is 32.4 Å². The predicted molar refractivity (Wildman–Crippen MR) is 141 cm³/mol. The molecular weight excluding hydrogens is 461 g/mol. The molecule has 0 saturated heterocycles. The Bertz CT molecular complexity index is 1160. The molecule has 3 aromatic rings. The van der Waals surface area contributed by atoms with E-state index in [9.17, 15) is 9.36 Å². The van der Waals surface area contributed by atoms with Crippen molar-refractivity contribution in [2.45, 2.75) is 39.1 Å². The molecule has 1 heterocycles. The maximum atomic E-state index is 13.1. The van der Waals surface area contributed by atoms with E-state index in [1.807, 2.05) is 25.1 Å². The van der Waals surface area contributed by atoms with E-state index < -0.39 is 7.14 Å². The number of amides is 1. The van der Waals surface area contributed by atoms with Crippen molar-refractivity contribution in [3.8, 4) is 5.75 Å². The number of carbonyl (C=O) groups is 1. The summed E-state index contributed by atoms with van der Waals surface area (Å²) in [5.74, 6) is 1.16. The van der Waals surface area contributed by atoms with Crippen LogP contribution in [0.15, 0.2) is 60.8 Å². The van der Waals surface area contributed by atoms with Gasteiger partial charge < -0.3 is 19.4 Å². The Hall–Kier alpha value is -2.89. The standard InChI is InChI=1S/C27H36N3O4P/c1-20(13-22-9-7-6-8-10-22)14-23-15-24(17-25(16-23)34-21(2)18-33-3)27(31)28-26-11-12-30(29-26)19-35(4,5)32/h6-12,15-17,20-21H,13-14,18-19H2,1-5H3,(H,28,29,31)/t20-,21-/m0/s1. The van der Waals surface area contributed by atoms with Crippen LogP contribution < -0.4 is 10.1 Å². The van der Waals surface area contributed by atoms with Crippen molar-refractivity contribution in [1.29, 1.82) is 0 Å². The SMILES string of the molecule is COC[C@H](C)Oc1cc(C[C@@H](C)Cc2ccccc2)cc(C(=O)Nc2ccn(CP(C)(C)=O)n2)c1. The second-order valence-corrected chi connectivity index (χ2v) is 13.1. The van der Waals surface area contributed by atoms with E-state index in [4.69, 9.17) is 9.47 Å². The predicted octanol–water partition coefficient (Wildman–Crippen LogP) is 5.55. The monoisotopic (exact) mass is 497 g/mol. The van der Waals surface area contributed by atoms with Gasteiger partial charge in [-0.25, -0.2) is 0 Å². The van der Waals surface area contributed by atoms with Crippen molar-refractivity contribution < 1.29 is 18.8 Å². The van der Waals surface area contributed by atoms with Gasteiger partial charge in [0, 0.05) is 24.9 Å². The summed E-state index contributed by atoms with van der Waals surface area (Å²) in [6, 6.07) is 17.8. The fourth-order valence-electron chi connectivity index (χ4n) is 4.01. The van der Waals surface area contributed by atoms with Crippen LogP contribution in [0.4, 0.5) is 5.82 Å². The fourth-order valence-corrected chi connectivity index (χ4v) is 4.87. The summed E-state index contributed by atoms with van der Waals surface area (Å²) in [5.41, 5.74) is 2.82. The molecule has 2 atom stereocenters. The fraction of sp³-hybridized carbons (Fsp3) is 0.407. The summed E-state index contributed by atoms with van der Waals surface area (Å²) in [6.07, 6.45) is 3.65. The zero-order chi connectivity index (χ0) is 25.4. The van der Waals surface area contributed by atoms with Gasteiger partial charge in [-0.1, -0.05) is 37.3 Å². The van der Waals surface area contributed by atoms with Gasteiger partial charge in [0.2, 0.25) is 0 Å². The summed E-state index contributed by atoms with van der Waals surface area (Å²) in [7, 11) is -0.643. The average Bonchev–Trinajstić information content (AvgIpc) is 3.19. The number of nitrogens with one attached hydrogen (secondary N) is 1. The van der Waals surface area contributed by atoms with Gasteiger partial charge in [-0.2, -0.15) is 5.10 Å². The normalized spacial score (nSPS) is 13.3. The topological polar surface area (TPSA) is 82.5 Å². The molecule has 188 valence electrons. The molecule has 0 saturated carbocycles. The molecule has 0 radical (unpaired) electrons. The van der Waals surface area contributed by atoms with Crippen LogP contribution in [0.1, 0.15) is 35.3 Å². The number of hydrogen-bond acceptors (Lipinski definition) is 5. The number of methoxy groups -OCH3 is 1. The maximum absolute atomic E-state index is 13.1. The molecule has 0 unspecified atom stereocenters. The highest BCUT2D eigenvalue weighted by molar-refractivity contribution is 7.61. The second-order valence-electron chi connectivity index (χ2n) is 9.66. The molecule has 1 amide bonds. The second kappa shape index (κ2) is 12.2. The Kier molecular flexibility index (Phi) is 9.30. The summed E-state index contributed by atoms with van der Waals surface area (Å²) in [4.78, 5) is 13.1. The zero-order valence-electron chi connectivity index (χ0n) is 21.2. The summed E-state index contributed by atoms with van der Waals surface area (Å²) < 4.78 is 24.9. The lowest BCUT2D eigenvalue weighted by molar-refractivity contribution is 0.0916. The number of rotatable bonds is 12. The molecule has 0 fully saturated rings. The molecule has 35 heavy (non-hydrogen) atoms. The van der Waals surface area contributed by atoms with E-state index >= 15 is 0 Å². The highest BCUT2D eigenvalue weighted by atomic mass is 31.2. The van der Waals surface area contributed by atoms with Crippen LogP contribution in [0.2, 0.25) is 0 Å². The van der Waals surface area contributed by atoms with Crippen LogP contribution in [0.3, 0.4) is 0 Å². The minimum Gasteiger partial charge on any atom is -0.488 e. The number of benzene rings is 2. The zero-order valence-corrected chi connectivity index (χ0v) is 22.1. The minimum atomic E-state index is -2.28. The molecule has 0 bridgehead atoms. The Morgan fingerprint density at radius 1 is 1.06 bits per heavy atom. The number of ether oxygens (including phenoxy) is 2. The molecule has 0 aliphatic heterocycles. The summed E-state index contributed by atoms with van der Waals surface area (Å²) in [6.45, 7) is 8.01. The highest BCUT2D eigenvalue weighted by Crippen LogP contribution is 2.37. The smallest absolute Gasteiger partial charge is 0.257 e. The third kappa shape index (κ3) is 9.00. The molecule has 2 aromatic carbocycles. The van der Waals surface area contributed by atoms with Gasteiger partial charge >= 0.3 is 0 Å². The first-order valence-electron chi connectivity index (χ1n) is 11.8. The number of nitrogens with zero attached hydrogens (tertiary/aromatic N) is 2. The summed E-state index contributed by atoms with van der Waals surface area (Å²) >= 11 is 0.